The molecule has 1 aliphatic rings. The number of amides is 3. The number of ketones is 2. The normalized spacial score (nSPS) is 16.0. The van der Waals surface area contributed by atoms with Crippen LogP contribution in [0.3, 0.4) is 0 Å². The van der Waals surface area contributed by atoms with E-state index in [1.54, 1.807) is 24.3 Å². The summed E-state index contributed by atoms with van der Waals surface area (Å²) in [5.74, 6) is -4.46. The Kier molecular flexibility index (Phi) is 13.5. The zero-order valence-corrected chi connectivity index (χ0v) is 29.9. The van der Waals surface area contributed by atoms with Crippen LogP contribution in [-0.2, 0) is 34.1 Å². The lowest BCUT2D eigenvalue weighted by atomic mass is 9.76. The third-order valence-electron chi connectivity index (χ3n) is 8.82. The zero-order chi connectivity index (χ0) is 37.1. The molecule has 3 aromatic carbocycles. The van der Waals surface area contributed by atoms with E-state index in [9.17, 15) is 28.8 Å². The minimum atomic E-state index is -1.25. The highest BCUT2D eigenvalue weighted by atomic mass is 35.5. The Morgan fingerprint density at radius 2 is 1.57 bits per heavy atom. The maximum Gasteiger partial charge on any atom is 0.408 e. The molecule has 1 fully saturated rings. The van der Waals surface area contributed by atoms with Gasteiger partial charge in [0.15, 0.2) is 12.4 Å². The van der Waals surface area contributed by atoms with Gasteiger partial charge in [-0.25, -0.2) is 9.59 Å². The van der Waals surface area contributed by atoms with Crippen molar-refractivity contribution in [3.05, 3.63) is 107 Å². The van der Waals surface area contributed by atoms with Crippen LogP contribution in [0.15, 0.2) is 84.9 Å². The number of nitrogens with one attached hydrogen (secondary N) is 3. The van der Waals surface area contributed by atoms with E-state index in [2.05, 4.69) is 16.0 Å². The standard InChI is InChI=1S/C39H44ClN3O8/c1-24(2)20-31(43-38(49)51-34(26-14-9-6-10-15-26)39(3,4)28-16-11-17-29(40)22-28)36(47)42-30(21-27-18-19-41-35(27)46)32(44)23-50-37(48)33(45)25-12-7-5-8-13-25/h5-17,22,24,27,30-31,34H,18-21,23H2,1-4H3,(H,41,46)(H,42,47)(H,43,49)/t27?,30?,31-,34?/m0/s1. The molecule has 3 amide bonds. The molecule has 1 saturated heterocycles. The molecule has 0 aromatic heterocycles. The second kappa shape index (κ2) is 17.8. The summed E-state index contributed by atoms with van der Waals surface area (Å²) in [7, 11) is 0. The molecule has 12 heteroatoms. The molecular formula is C39H44ClN3O8. The molecule has 3 unspecified atom stereocenters. The fourth-order valence-corrected chi connectivity index (χ4v) is 6.18. The Bertz CT molecular complexity index is 1710. The molecule has 11 nitrogen and oxygen atoms in total. The summed E-state index contributed by atoms with van der Waals surface area (Å²) < 4.78 is 11.1. The Hall–Kier alpha value is -5.03. The van der Waals surface area contributed by atoms with Crippen LogP contribution in [0.1, 0.15) is 74.5 Å². The summed E-state index contributed by atoms with van der Waals surface area (Å²) in [5.41, 5.74) is 0.903. The minimum absolute atomic E-state index is 0.0615. The molecule has 4 rings (SSSR count). The summed E-state index contributed by atoms with van der Waals surface area (Å²) in [6.07, 6.45) is -1.08. The lowest BCUT2D eigenvalue weighted by molar-refractivity contribution is -0.144. The number of hydrogen-bond donors (Lipinski definition) is 3. The molecule has 3 aromatic rings. The van der Waals surface area contributed by atoms with Gasteiger partial charge in [0.2, 0.25) is 11.8 Å². The van der Waals surface area contributed by atoms with Gasteiger partial charge in [-0.15, -0.1) is 0 Å². The minimum Gasteiger partial charge on any atom is -0.452 e. The van der Waals surface area contributed by atoms with E-state index in [-0.39, 0.29) is 30.2 Å². The SMILES string of the molecule is CC(C)C[C@H](NC(=O)OC(c1ccccc1)C(C)(C)c1cccc(Cl)c1)C(=O)NC(CC1CCNC1=O)C(=O)COC(=O)C(=O)c1ccccc1. The van der Waals surface area contributed by atoms with E-state index < -0.39 is 65.7 Å². The van der Waals surface area contributed by atoms with Crippen molar-refractivity contribution < 1.29 is 38.2 Å². The van der Waals surface area contributed by atoms with E-state index in [0.717, 1.165) is 11.1 Å². The van der Waals surface area contributed by atoms with Crippen LogP contribution in [0.25, 0.3) is 0 Å². The molecule has 1 heterocycles. The van der Waals surface area contributed by atoms with Gasteiger partial charge < -0.3 is 25.4 Å². The number of alkyl carbamates (subject to hydrolysis) is 1. The van der Waals surface area contributed by atoms with Crippen molar-refractivity contribution in [2.24, 2.45) is 11.8 Å². The number of carbonyl (C=O) groups is 6. The van der Waals surface area contributed by atoms with Crippen LogP contribution >= 0.6 is 11.6 Å². The lowest BCUT2D eigenvalue weighted by Crippen LogP contribution is -2.53. The molecule has 0 bridgehead atoms. The van der Waals surface area contributed by atoms with Crippen molar-refractivity contribution in [3.63, 3.8) is 0 Å². The van der Waals surface area contributed by atoms with E-state index in [1.807, 2.05) is 76.2 Å². The highest BCUT2D eigenvalue weighted by Gasteiger charge is 2.38. The molecule has 0 saturated carbocycles. The van der Waals surface area contributed by atoms with Gasteiger partial charge in [-0.1, -0.05) is 112 Å². The lowest BCUT2D eigenvalue weighted by Gasteiger charge is -2.35. The molecule has 3 N–H and O–H groups in total. The Morgan fingerprint density at radius 1 is 0.902 bits per heavy atom. The number of carbonyl (C=O) groups excluding carboxylic acids is 6. The van der Waals surface area contributed by atoms with E-state index in [0.29, 0.717) is 18.0 Å². The first-order chi connectivity index (χ1) is 24.3. The fraction of sp³-hybridized carbons (Fsp3) is 0.385. The molecule has 270 valence electrons. The Labute approximate surface area is 302 Å². The Morgan fingerprint density at radius 3 is 2.18 bits per heavy atom. The second-order valence-electron chi connectivity index (χ2n) is 13.6. The summed E-state index contributed by atoms with van der Waals surface area (Å²) in [5, 5.41) is 8.61. The predicted molar refractivity (Wildman–Crippen MR) is 191 cm³/mol. The highest BCUT2D eigenvalue weighted by molar-refractivity contribution is 6.40. The van der Waals surface area contributed by atoms with Gasteiger partial charge in [0.25, 0.3) is 5.78 Å². The van der Waals surface area contributed by atoms with E-state index in [1.165, 1.54) is 12.1 Å². The quantitative estimate of drug-likeness (QED) is 0.0996. The van der Waals surface area contributed by atoms with Crippen LogP contribution in [0.2, 0.25) is 5.02 Å². The first-order valence-electron chi connectivity index (χ1n) is 16.9. The van der Waals surface area contributed by atoms with Crippen LogP contribution < -0.4 is 16.0 Å². The van der Waals surface area contributed by atoms with Crippen LogP contribution in [0.4, 0.5) is 4.79 Å². The maximum atomic E-state index is 13.8. The van der Waals surface area contributed by atoms with Crippen LogP contribution in [-0.4, -0.2) is 60.7 Å². The molecule has 51 heavy (non-hydrogen) atoms. The smallest absolute Gasteiger partial charge is 0.408 e. The van der Waals surface area contributed by atoms with E-state index in [4.69, 9.17) is 21.1 Å². The van der Waals surface area contributed by atoms with Gasteiger partial charge in [-0.2, -0.15) is 0 Å². The third-order valence-corrected chi connectivity index (χ3v) is 9.06. The van der Waals surface area contributed by atoms with Crippen molar-refractivity contribution in [1.29, 1.82) is 0 Å². The van der Waals surface area contributed by atoms with Crippen molar-refractivity contribution in [2.45, 2.75) is 70.6 Å². The number of esters is 1. The van der Waals surface area contributed by atoms with Gasteiger partial charge in [-0.3, -0.25) is 19.2 Å². The summed E-state index contributed by atoms with van der Waals surface area (Å²) >= 11 is 6.31. The molecule has 0 aliphatic carbocycles. The third kappa shape index (κ3) is 10.7. The van der Waals surface area contributed by atoms with Crippen LogP contribution in [0, 0.1) is 11.8 Å². The van der Waals surface area contributed by atoms with Crippen molar-refractivity contribution in [1.82, 2.24) is 16.0 Å². The summed E-state index contributed by atoms with van der Waals surface area (Å²) in [4.78, 5) is 78.2. The zero-order valence-electron chi connectivity index (χ0n) is 29.1. The number of hydrogen-bond acceptors (Lipinski definition) is 8. The number of halogens is 1. The largest absolute Gasteiger partial charge is 0.452 e. The van der Waals surface area contributed by atoms with Crippen molar-refractivity contribution >= 4 is 47.0 Å². The van der Waals surface area contributed by atoms with Gasteiger partial charge in [0.05, 0.1) is 6.04 Å². The van der Waals surface area contributed by atoms with Crippen LogP contribution in [0.5, 0.6) is 0 Å². The van der Waals surface area contributed by atoms with Gasteiger partial charge in [-0.05, 0) is 48.4 Å². The van der Waals surface area contributed by atoms with E-state index >= 15 is 0 Å². The monoisotopic (exact) mass is 717 g/mol. The average Bonchev–Trinajstić information content (AvgIpc) is 3.52. The maximum absolute atomic E-state index is 13.8. The number of benzene rings is 3. The molecule has 0 spiro atoms. The van der Waals surface area contributed by atoms with Crippen molar-refractivity contribution in [2.75, 3.05) is 13.2 Å². The van der Waals surface area contributed by atoms with Gasteiger partial charge in [0, 0.05) is 28.5 Å². The topological polar surface area (TPSA) is 157 Å². The number of rotatable bonds is 16. The highest BCUT2D eigenvalue weighted by Crippen LogP contribution is 2.40. The molecular weight excluding hydrogens is 674 g/mol. The van der Waals surface area contributed by atoms with Gasteiger partial charge in [0.1, 0.15) is 12.1 Å². The van der Waals surface area contributed by atoms with Gasteiger partial charge >= 0.3 is 12.1 Å². The first kappa shape index (κ1) is 38.8. The molecule has 4 atom stereocenters. The number of ether oxygens (including phenoxy) is 2. The molecule has 0 radical (unpaired) electrons. The fourth-order valence-electron chi connectivity index (χ4n) is 5.99. The Balaban J connectivity index is 1.51. The average molecular weight is 718 g/mol. The van der Waals surface area contributed by atoms with Crippen molar-refractivity contribution in [3.8, 4) is 0 Å². The first-order valence-corrected chi connectivity index (χ1v) is 17.3. The summed E-state index contributed by atoms with van der Waals surface area (Å²) in [6.45, 7) is 7.21. The summed E-state index contributed by atoms with van der Waals surface area (Å²) in [6, 6.07) is 21.9. The number of Topliss-reactive ketones (excluding diaryl/α,β-unsaturated/α-hetero) is 2. The predicted octanol–water partition coefficient (Wildman–Crippen LogP) is 5.51. The molecule has 1 aliphatic heterocycles. The second-order valence-corrected chi connectivity index (χ2v) is 14.0.